The lowest BCUT2D eigenvalue weighted by Crippen LogP contribution is -2.16. The van der Waals surface area contributed by atoms with E-state index in [1.165, 1.54) is 46.3 Å². The number of hydrogen-bond acceptors (Lipinski definition) is 15. The Labute approximate surface area is 378 Å². The quantitative estimate of drug-likeness (QED) is 0.0364. The van der Waals surface area contributed by atoms with Gasteiger partial charge in [-0.2, -0.15) is 0 Å². The molecule has 0 radical (unpaired) electrons. The van der Waals surface area contributed by atoms with Crippen LogP contribution in [0.25, 0.3) is 0 Å². The predicted octanol–water partition coefficient (Wildman–Crippen LogP) is 4.73. The summed E-state index contributed by atoms with van der Waals surface area (Å²) in [6.07, 6.45) is 30.2. The van der Waals surface area contributed by atoms with Crippen molar-refractivity contribution in [2.45, 2.75) is 130 Å². The van der Waals surface area contributed by atoms with Gasteiger partial charge in [0.05, 0.1) is 71.7 Å². The molecule has 1 heterocycles. The highest BCUT2D eigenvalue weighted by molar-refractivity contribution is 4.82. The topological polar surface area (TPSA) is 248 Å². The van der Waals surface area contributed by atoms with Gasteiger partial charge in [0.1, 0.15) is 0 Å². The lowest BCUT2D eigenvalue weighted by molar-refractivity contribution is -0.127. The molecular formula is C47H98O15. The van der Waals surface area contributed by atoms with Crippen molar-refractivity contribution in [1.29, 1.82) is 0 Å². The minimum atomic E-state index is -0.458. The molecule has 0 aromatic carbocycles. The van der Waals surface area contributed by atoms with Gasteiger partial charge in [0, 0.05) is 54.2 Å². The summed E-state index contributed by atoms with van der Waals surface area (Å²) in [6, 6.07) is 0. The van der Waals surface area contributed by atoms with Gasteiger partial charge in [0.15, 0.2) is 6.29 Å². The van der Waals surface area contributed by atoms with Crippen LogP contribution < -0.4 is 0 Å². The Bertz CT molecular complexity index is 769. The zero-order valence-electron chi connectivity index (χ0n) is 40.3. The van der Waals surface area contributed by atoms with E-state index in [1.807, 2.05) is 46.8 Å². The minimum Gasteiger partial charge on any atom is -0.396 e. The van der Waals surface area contributed by atoms with Crippen LogP contribution in [0.5, 0.6) is 0 Å². The molecule has 376 valence electrons. The standard InChI is InChI=1S/C7H14O.C5H10O2.C5H12O2.2C5H10O.C5H8O.C4H10O3.2C4H8O.C3H8O2/c8-6-7-4-2-1-3-5-7;6-4-5-2-1-3-7-5;1-5(2)7-4-3-6;3*1-2-3-4-5-6;1-6-4(3-5)7-2;2*1-2-3-4-5;1-5-3-2-4/h7-8H,1-6H2;5-6H,1-4H2;5-6H,3-4H2,1-2H3;2*3-4,6H,2,5H2,1H3;1,6H,3-5H2;4-5H,3H2,1-2H3;2-3,5H,4H2,1H3;2,5H,1,3-4H2;4H,2-3H2,1H3/b;;;4-3+;4-3-;;;;;. The second-order valence-corrected chi connectivity index (χ2v) is 12.7. The van der Waals surface area contributed by atoms with Crippen LogP contribution >= 0.6 is 0 Å². The molecule has 0 amide bonds. The van der Waals surface area contributed by atoms with Crippen molar-refractivity contribution in [1.82, 2.24) is 0 Å². The number of hydrogen-bond donors (Lipinski definition) is 10. The first-order valence-corrected chi connectivity index (χ1v) is 21.8. The largest absolute Gasteiger partial charge is 0.396 e. The monoisotopic (exact) mass is 903 g/mol. The van der Waals surface area contributed by atoms with Gasteiger partial charge in [-0.1, -0.05) is 75.6 Å². The van der Waals surface area contributed by atoms with Crippen LogP contribution in [0, 0.1) is 18.3 Å². The summed E-state index contributed by atoms with van der Waals surface area (Å²) in [6.45, 7) is 16.7. The smallest absolute Gasteiger partial charge is 0.179 e. The first-order valence-electron chi connectivity index (χ1n) is 21.8. The Morgan fingerprint density at radius 3 is 1.35 bits per heavy atom. The van der Waals surface area contributed by atoms with Gasteiger partial charge in [0.2, 0.25) is 0 Å². The fourth-order valence-corrected chi connectivity index (χ4v) is 3.64. The molecule has 1 saturated carbocycles. The Hall–Kier alpha value is -2.08. The van der Waals surface area contributed by atoms with Crippen molar-refractivity contribution < 1.29 is 74.7 Å². The average Bonchev–Trinajstić information content (AvgIpc) is 3.84. The number of allylic oxidation sites excluding steroid dienone is 3. The summed E-state index contributed by atoms with van der Waals surface area (Å²) < 4.78 is 23.6. The third-order valence-corrected chi connectivity index (χ3v) is 6.89. The molecule has 2 rings (SSSR count). The summed E-state index contributed by atoms with van der Waals surface area (Å²) in [5, 5.41) is 81.8. The van der Waals surface area contributed by atoms with Crippen molar-refractivity contribution in [3.05, 3.63) is 49.1 Å². The molecule has 0 aromatic rings. The zero-order valence-corrected chi connectivity index (χ0v) is 40.3. The predicted molar refractivity (Wildman–Crippen MR) is 254 cm³/mol. The minimum absolute atomic E-state index is 0.0903. The SMILES string of the molecule is C#CCCCO.C=CCCO.CC(C)OCCO.CC/C=C/CO.CC/C=C\CO.CC=CCO.COC(CO)OC.COCCO.OCC1CCCCC1.OCC1CCCO1. The van der Waals surface area contributed by atoms with Crippen molar-refractivity contribution in [3.8, 4) is 12.3 Å². The van der Waals surface area contributed by atoms with Gasteiger partial charge < -0.3 is 74.7 Å². The van der Waals surface area contributed by atoms with E-state index in [0.29, 0.717) is 38.6 Å². The van der Waals surface area contributed by atoms with Crippen LogP contribution in [-0.4, -0.2) is 177 Å². The third-order valence-electron chi connectivity index (χ3n) is 6.89. The average molecular weight is 903 g/mol. The molecule has 1 unspecified atom stereocenters. The highest BCUT2D eigenvalue weighted by Crippen LogP contribution is 2.22. The van der Waals surface area contributed by atoms with Crippen LogP contribution in [0.4, 0.5) is 0 Å². The summed E-state index contributed by atoms with van der Waals surface area (Å²) >= 11 is 0. The Morgan fingerprint density at radius 2 is 1.23 bits per heavy atom. The van der Waals surface area contributed by atoms with Crippen molar-refractivity contribution in [3.63, 3.8) is 0 Å². The molecule has 62 heavy (non-hydrogen) atoms. The molecule has 15 heteroatoms. The molecular weight excluding hydrogens is 805 g/mol. The van der Waals surface area contributed by atoms with Crippen LogP contribution in [0.15, 0.2) is 49.1 Å². The lowest BCUT2D eigenvalue weighted by Gasteiger charge is -2.18. The third kappa shape index (κ3) is 107. The zero-order chi connectivity index (χ0) is 49.2. The highest BCUT2D eigenvalue weighted by Gasteiger charge is 2.12. The maximum Gasteiger partial charge on any atom is 0.179 e. The molecule has 0 spiro atoms. The van der Waals surface area contributed by atoms with E-state index in [2.05, 4.69) is 26.7 Å². The second kappa shape index (κ2) is 86.1. The van der Waals surface area contributed by atoms with E-state index in [-0.39, 0.29) is 71.7 Å². The Balaban J connectivity index is -0.0000000875. The summed E-state index contributed by atoms with van der Waals surface area (Å²) in [5.41, 5.74) is 0. The first-order chi connectivity index (χ1) is 30.0. The van der Waals surface area contributed by atoms with Crippen molar-refractivity contribution in [2.75, 3.05) is 107 Å². The summed E-state index contributed by atoms with van der Waals surface area (Å²) in [4.78, 5) is 0. The van der Waals surface area contributed by atoms with Gasteiger partial charge in [-0.15, -0.1) is 18.9 Å². The molecule has 15 nitrogen and oxygen atoms in total. The molecule has 1 aliphatic carbocycles. The molecule has 1 atom stereocenters. The molecule has 0 bridgehead atoms. The molecule has 1 aliphatic heterocycles. The van der Waals surface area contributed by atoms with Crippen molar-refractivity contribution >= 4 is 0 Å². The highest BCUT2D eigenvalue weighted by atomic mass is 16.7. The van der Waals surface area contributed by atoms with Gasteiger partial charge in [-0.25, -0.2) is 0 Å². The molecule has 1 saturated heterocycles. The van der Waals surface area contributed by atoms with E-state index in [1.54, 1.807) is 37.5 Å². The Morgan fingerprint density at radius 1 is 0.694 bits per heavy atom. The number of aliphatic hydroxyl groups excluding tert-OH is 10. The van der Waals surface area contributed by atoms with Gasteiger partial charge in [-0.3, -0.25) is 0 Å². The molecule has 0 aromatic heterocycles. The lowest BCUT2D eigenvalue weighted by atomic mass is 9.90. The molecule has 2 fully saturated rings. The number of rotatable bonds is 19. The number of aliphatic hydroxyl groups is 10. The van der Waals surface area contributed by atoms with Crippen LogP contribution in [0.3, 0.4) is 0 Å². The summed E-state index contributed by atoms with van der Waals surface area (Å²) in [5.74, 6) is 3.05. The second-order valence-electron chi connectivity index (χ2n) is 12.7. The van der Waals surface area contributed by atoms with E-state index >= 15 is 0 Å². The molecule has 10 N–H and O–H groups in total. The van der Waals surface area contributed by atoms with Crippen LogP contribution in [-0.2, 0) is 23.7 Å². The van der Waals surface area contributed by atoms with Crippen LogP contribution in [0.2, 0.25) is 0 Å². The van der Waals surface area contributed by atoms with Crippen molar-refractivity contribution in [2.24, 2.45) is 5.92 Å². The normalized spacial score (nSPS) is 13.7. The Kier molecular flexibility index (Phi) is 107. The van der Waals surface area contributed by atoms with Crippen LogP contribution in [0.1, 0.15) is 112 Å². The van der Waals surface area contributed by atoms with Gasteiger partial charge in [0.25, 0.3) is 0 Å². The van der Waals surface area contributed by atoms with E-state index in [9.17, 15) is 0 Å². The summed E-state index contributed by atoms with van der Waals surface area (Å²) in [7, 11) is 4.50. The van der Waals surface area contributed by atoms with E-state index in [4.69, 9.17) is 67.0 Å². The first kappa shape index (κ1) is 77.2. The fraction of sp³-hybridized carbons (Fsp3) is 0.787. The maximum absolute atomic E-state index is 8.69. The number of unbranched alkanes of at least 4 members (excludes halogenated alkanes) is 1. The molecule has 2 aliphatic rings. The number of methoxy groups -OCH3 is 3. The maximum atomic E-state index is 8.69. The fourth-order valence-electron chi connectivity index (χ4n) is 3.64. The van der Waals surface area contributed by atoms with Gasteiger partial charge >= 0.3 is 0 Å². The van der Waals surface area contributed by atoms with Gasteiger partial charge in [-0.05, 0) is 78.1 Å². The number of ether oxygens (including phenoxy) is 5. The van der Waals surface area contributed by atoms with E-state index in [0.717, 1.165) is 38.7 Å². The number of terminal acetylenes is 1. The van der Waals surface area contributed by atoms with E-state index < -0.39 is 6.29 Å².